The van der Waals surface area contributed by atoms with Crippen LogP contribution in [0.25, 0.3) is 0 Å². The average Bonchev–Trinajstić information content (AvgIpc) is 0.811. The van der Waals surface area contributed by atoms with Crippen LogP contribution in [0, 0.1) is 0 Å². The second-order valence-electron chi connectivity index (χ2n) is 1.21. The van der Waals surface area contributed by atoms with Crippen molar-refractivity contribution in [3.63, 3.8) is 0 Å². The summed E-state index contributed by atoms with van der Waals surface area (Å²) in [5, 5.41) is 0. The molecule has 0 amide bonds. The van der Waals surface area contributed by atoms with E-state index in [0.717, 1.165) is 0 Å². The maximum atomic E-state index is 2.39. The summed E-state index contributed by atoms with van der Waals surface area (Å²) >= 11 is -0.630. The number of hydrogen-bond acceptors (Lipinski definition) is 0. The van der Waals surface area contributed by atoms with Crippen LogP contribution in [0.5, 0.6) is 0 Å². The molecule has 0 fully saturated rings. The van der Waals surface area contributed by atoms with E-state index in [1.54, 1.807) is 0 Å². The van der Waals surface area contributed by atoms with Crippen LogP contribution in [0.2, 0.25) is 9.36 Å². The van der Waals surface area contributed by atoms with Gasteiger partial charge in [-0.3, -0.25) is 0 Å². The zero-order valence-corrected chi connectivity index (χ0v) is 8.21. The Morgan fingerprint density at radius 3 is 1.50 bits per heavy atom. The van der Waals surface area contributed by atoms with Gasteiger partial charge >= 0.3 is 36.4 Å². The summed E-state index contributed by atoms with van der Waals surface area (Å²) in [4.78, 5) is 0. The van der Waals surface area contributed by atoms with E-state index in [1.807, 2.05) is 0 Å². The molecular weight excluding hydrogens is 231 g/mol. The molecule has 24 valence electrons. The van der Waals surface area contributed by atoms with Crippen molar-refractivity contribution in [2.24, 2.45) is 0 Å². The fraction of sp³-hybridized carbons (Fsp3) is 1.00. The molecule has 0 aliphatic rings. The zero-order valence-electron chi connectivity index (χ0n) is 3.21. The molecule has 0 aromatic carbocycles. The van der Waals surface area contributed by atoms with Crippen molar-refractivity contribution in [2.75, 3.05) is 0 Å². The van der Waals surface area contributed by atoms with Crippen molar-refractivity contribution in [1.82, 2.24) is 0 Å². The Bertz CT molecular complexity index is 29.0. The molecule has 0 N–H and O–H groups in total. The van der Waals surface area contributed by atoms with E-state index in [9.17, 15) is 0 Å². The summed E-state index contributed by atoms with van der Waals surface area (Å²) < 4.78 is 4.78. The van der Waals surface area contributed by atoms with E-state index in [4.69, 9.17) is 0 Å². The van der Waals surface area contributed by atoms with Crippen LogP contribution in [0.1, 0.15) is 0 Å². The van der Waals surface area contributed by atoms with Gasteiger partial charge < -0.3 is 0 Å². The van der Waals surface area contributed by atoms with Gasteiger partial charge in [-0.15, -0.1) is 0 Å². The van der Waals surface area contributed by atoms with Gasteiger partial charge in [-0.05, 0) is 0 Å². The third-order valence-corrected chi connectivity index (χ3v) is 0. The predicted octanol–water partition coefficient (Wildman–Crippen LogP) is 0.249. The first-order valence-corrected chi connectivity index (χ1v) is 16.9. The molecule has 0 unspecified atom stereocenters. The van der Waals surface area contributed by atoms with Crippen LogP contribution >= 0.6 is 0 Å². The quantitative estimate of drug-likeness (QED) is 0.531. The minimum atomic E-state index is -0.630. The predicted molar refractivity (Wildman–Crippen MR) is 20.3 cm³/mol. The molecule has 0 atom stereocenters. The number of rotatable bonds is 0. The molecule has 0 rings (SSSR count). The standard InChI is InChI=1S/2CH3.Hf.H2Si/h2*1H3;;1H2. The molecule has 0 spiro atoms. The molecule has 0 nitrogen and oxygen atoms in total. The van der Waals surface area contributed by atoms with Crippen LogP contribution in [0.3, 0.4) is 0 Å². The van der Waals surface area contributed by atoms with Gasteiger partial charge in [-0.2, -0.15) is 0 Å². The Kier molecular flexibility index (Phi) is 2.97. The van der Waals surface area contributed by atoms with E-state index in [-0.39, 0.29) is 0 Å². The maximum absolute atomic E-state index is 2.39. The van der Waals surface area contributed by atoms with Gasteiger partial charge in [0, 0.05) is 0 Å². The second-order valence-corrected chi connectivity index (χ2v) is 21.5. The first-order chi connectivity index (χ1) is 1.73. The van der Waals surface area contributed by atoms with Crippen molar-refractivity contribution < 1.29 is 20.1 Å². The van der Waals surface area contributed by atoms with Crippen molar-refractivity contribution >= 4 is 6.94 Å². The molecule has 0 saturated heterocycles. The summed E-state index contributed by atoms with van der Waals surface area (Å²) in [5.41, 5.74) is 0. The molecule has 0 bridgehead atoms. The van der Waals surface area contributed by atoms with E-state index < -0.39 is 20.1 Å². The molecule has 0 saturated carbocycles. The van der Waals surface area contributed by atoms with Gasteiger partial charge in [0.05, 0.1) is 0 Å². The van der Waals surface area contributed by atoms with Crippen LogP contribution in [0.4, 0.5) is 0 Å². The van der Waals surface area contributed by atoms with Gasteiger partial charge in [-0.25, -0.2) is 0 Å². The van der Waals surface area contributed by atoms with E-state index in [0.29, 0.717) is 0 Å². The SMILES string of the molecule is [CH3][Hf]([CH3])=[SiH2]. The van der Waals surface area contributed by atoms with Crippen molar-refractivity contribution in [3.8, 4) is 0 Å². The monoisotopic (exact) mass is 240 g/mol. The summed E-state index contributed by atoms with van der Waals surface area (Å²) in [6, 6.07) is 0. The molecule has 0 radical (unpaired) electrons. The summed E-state index contributed by atoms with van der Waals surface area (Å²) in [7, 11) is 0. The molecule has 2 heteroatoms. The Labute approximate surface area is 36.5 Å². The van der Waals surface area contributed by atoms with Crippen LogP contribution < -0.4 is 0 Å². The molecule has 0 aromatic rings. The molecule has 0 aliphatic heterocycles. The zero-order chi connectivity index (χ0) is 3.58. The van der Waals surface area contributed by atoms with E-state index in [2.05, 4.69) is 16.3 Å². The first-order valence-electron chi connectivity index (χ1n) is 1.35. The topological polar surface area (TPSA) is 0 Å². The molecule has 0 aromatic heterocycles. The van der Waals surface area contributed by atoms with Crippen LogP contribution in [-0.2, 0) is 20.1 Å². The Morgan fingerprint density at radius 2 is 1.50 bits per heavy atom. The fourth-order valence-electron chi connectivity index (χ4n) is 0. The molecule has 0 aliphatic carbocycles. The van der Waals surface area contributed by atoms with Gasteiger partial charge in [0.15, 0.2) is 0 Å². The molecule has 0 heterocycles. The average molecular weight is 239 g/mol. The van der Waals surface area contributed by atoms with Crippen LogP contribution in [0.15, 0.2) is 0 Å². The van der Waals surface area contributed by atoms with E-state index in [1.165, 1.54) is 0 Å². The summed E-state index contributed by atoms with van der Waals surface area (Å²) in [6.07, 6.45) is 0. The van der Waals surface area contributed by atoms with Crippen molar-refractivity contribution in [1.29, 1.82) is 0 Å². The van der Waals surface area contributed by atoms with Crippen molar-refractivity contribution in [3.05, 3.63) is 0 Å². The Balaban J connectivity index is 2.80. The van der Waals surface area contributed by atoms with E-state index >= 15 is 0 Å². The Hall–Kier alpha value is 1.09. The normalized spacial score (nSPS) is 6.50. The van der Waals surface area contributed by atoms with Gasteiger partial charge in [-0.1, -0.05) is 0 Å². The van der Waals surface area contributed by atoms with Crippen molar-refractivity contribution in [2.45, 2.75) is 9.36 Å². The van der Waals surface area contributed by atoms with Gasteiger partial charge in [0.25, 0.3) is 0 Å². The van der Waals surface area contributed by atoms with Gasteiger partial charge in [0.1, 0.15) is 0 Å². The fourth-order valence-corrected chi connectivity index (χ4v) is 0. The summed E-state index contributed by atoms with van der Waals surface area (Å²) in [5.74, 6) is 0. The summed E-state index contributed by atoms with van der Waals surface area (Å²) in [6.45, 7) is 2.22. The van der Waals surface area contributed by atoms with Crippen LogP contribution in [-0.4, -0.2) is 6.94 Å². The Morgan fingerprint density at radius 1 is 1.50 bits per heavy atom. The molecular formula is C2H8HfSi. The number of hydrogen-bond donors (Lipinski definition) is 0. The molecule has 4 heavy (non-hydrogen) atoms. The third-order valence-electron chi connectivity index (χ3n) is 0. The minimum absolute atomic E-state index is 0.630. The first kappa shape index (κ1) is 5.09. The third kappa shape index (κ3) is 11.4. The second kappa shape index (κ2) is 2.33. The van der Waals surface area contributed by atoms with Gasteiger partial charge in [0.2, 0.25) is 0 Å².